The molecular weight excluding hydrogens is 352 g/mol. The molecule has 0 bridgehead atoms. The predicted molar refractivity (Wildman–Crippen MR) is 90.0 cm³/mol. The molecule has 8 nitrogen and oxygen atoms in total. The zero-order valence-electron chi connectivity index (χ0n) is 13.7. The zero-order valence-corrected chi connectivity index (χ0v) is 15.4. The number of aromatic nitrogens is 2. The normalized spacial score (nSPS) is 12.0. The Balaban J connectivity index is 2.09. The van der Waals surface area contributed by atoms with Crippen molar-refractivity contribution in [2.45, 2.75) is 37.6 Å². The summed E-state index contributed by atoms with van der Waals surface area (Å²) in [5.74, 6) is 0.215. The summed E-state index contributed by atoms with van der Waals surface area (Å²) >= 11 is 0.833. The molecule has 0 spiro atoms. The maximum atomic E-state index is 12.5. The fourth-order valence-electron chi connectivity index (χ4n) is 2.07. The first-order valence-electron chi connectivity index (χ1n) is 7.51. The van der Waals surface area contributed by atoms with Crippen molar-refractivity contribution < 1.29 is 17.6 Å². The van der Waals surface area contributed by atoms with Crippen molar-refractivity contribution in [2.24, 2.45) is 5.92 Å². The molecule has 2 aromatic rings. The average Bonchev–Trinajstić information content (AvgIpc) is 3.20. The van der Waals surface area contributed by atoms with Gasteiger partial charge in [0.1, 0.15) is 5.76 Å². The highest BCUT2D eigenvalue weighted by Gasteiger charge is 2.27. The second-order valence-corrected chi connectivity index (χ2v) is 8.41. The standard InChI is InChI=1S/C14H20N4O4S2/c1-4-10(5-2)12(19)15-13-16-17-14(23-13)24(20,21)18(3)9-11-7-6-8-22-11/h6-8,10H,4-5,9H2,1-3H3,(H,15,16,19). The van der Waals surface area contributed by atoms with Crippen LogP contribution < -0.4 is 5.32 Å². The second-order valence-electron chi connectivity index (χ2n) is 5.22. The van der Waals surface area contributed by atoms with E-state index in [9.17, 15) is 13.2 Å². The summed E-state index contributed by atoms with van der Waals surface area (Å²) in [7, 11) is -2.36. The molecule has 2 heterocycles. The molecule has 0 aliphatic heterocycles. The van der Waals surface area contributed by atoms with Crippen molar-refractivity contribution in [1.82, 2.24) is 14.5 Å². The fraction of sp³-hybridized carbons (Fsp3) is 0.500. The number of nitrogens with one attached hydrogen (secondary N) is 1. The highest BCUT2D eigenvalue weighted by molar-refractivity contribution is 7.91. The molecule has 10 heteroatoms. The van der Waals surface area contributed by atoms with Gasteiger partial charge >= 0.3 is 0 Å². The Bertz CT molecular complexity index is 767. The van der Waals surface area contributed by atoms with Gasteiger partial charge in [-0.25, -0.2) is 8.42 Å². The van der Waals surface area contributed by atoms with Crippen LogP contribution in [0.4, 0.5) is 5.13 Å². The summed E-state index contributed by atoms with van der Waals surface area (Å²) in [6.07, 6.45) is 2.89. The maximum absolute atomic E-state index is 12.5. The van der Waals surface area contributed by atoms with Gasteiger partial charge in [-0.2, -0.15) is 4.31 Å². The minimum atomic E-state index is -3.79. The molecule has 0 aromatic carbocycles. The molecule has 1 N–H and O–H groups in total. The molecule has 2 rings (SSSR count). The molecule has 0 radical (unpaired) electrons. The largest absolute Gasteiger partial charge is 0.468 e. The Morgan fingerprint density at radius 3 is 2.67 bits per heavy atom. The van der Waals surface area contributed by atoms with E-state index in [-0.39, 0.29) is 27.8 Å². The van der Waals surface area contributed by atoms with E-state index in [1.807, 2.05) is 13.8 Å². The first-order valence-corrected chi connectivity index (χ1v) is 9.77. The van der Waals surface area contributed by atoms with Crippen LogP contribution >= 0.6 is 11.3 Å². The summed E-state index contributed by atoms with van der Waals surface area (Å²) in [4.78, 5) is 12.0. The van der Waals surface area contributed by atoms with Gasteiger partial charge in [-0.3, -0.25) is 4.79 Å². The van der Waals surface area contributed by atoms with Crippen LogP contribution in [0.1, 0.15) is 32.4 Å². The van der Waals surface area contributed by atoms with Crippen LogP contribution in [0.25, 0.3) is 0 Å². The summed E-state index contributed by atoms with van der Waals surface area (Å²) in [5, 5.41) is 10.3. The molecule has 0 fully saturated rings. The summed E-state index contributed by atoms with van der Waals surface area (Å²) in [5.41, 5.74) is 0. The SMILES string of the molecule is CCC(CC)C(=O)Nc1nnc(S(=O)(=O)N(C)Cc2ccco2)s1. The molecule has 132 valence electrons. The second kappa shape index (κ2) is 7.86. The van der Waals surface area contributed by atoms with E-state index < -0.39 is 10.0 Å². The Kier molecular flexibility index (Phi) is 6.08. The molecule has 24 heavy (non-hydrogen) atoms. The van der Waals surface area contributed by atoms with Gasteiger partial charge in [-0.15, -0.1) is 10.2 Å². The Hall–Kier alpha value is -1.78. The first kappa shape index (κ1) is 18.6. The van der Waals surface area contributed by atoms with E-state index >= 15 is 0 Å². The highest BCUT2D eigenvalue weighted by Crippen LogP contribution is 2.24. The number of amides is 1. The number of rotatable bonds is 8. The van der Waals surface area contributed by atoms with E-state index in [1.165, 1.54) is 13.3 Å². The van der Waals surface area contributed by atoms with Crippen molar-refractivity contribution in [3.63, 3.8) is 0 Å². The number of carbonyl (C=O) groups excluding carboxylic acids is 1. The van der Waals surface area contributed by atoms with Crippen molar-refractivity contribution >= 4 is 32.4 Å². The molecule has 0 saturated heterocycles. The third kappa shape index (κ3) is 4.19. The predicted octanol–water partition coefficient (Wildman–Crippen LogP) is 2.33. The van der Waals surface area contributed by atoms with Crippen molar-refractivity contribution in [1.29, 1.82) is 0 Å². The number of hydrogen-bond donors (Lipinski definition) is 1. The number of hydrogen-bond acceptors (Lipinski definition) is 7. The lowest BCUT2D eigenvalue weighted by Crippen LogP contribution is -2.26. The van der Waals surface area contributed by atoms with Crippen LogP contribution in [-0.2, 0) is 21.4 Å². The van der Waals surface area contributed by atoms with E-state index in [0.717, 1.165) is 15.6 Å². The van der Waals surface area contributed by atoms with Crippen molar-refractivity contribution in [3.05, 3.63) is 24.2 Å². The van der Waals surface area contributed by atoms with Gasteiger partial charge in [0, 0.05) is 13.0 Å². The van der Waals surface area contributed by atoms with E-state index in [4.69, 9.17) is 4.42 Å². The summed E-state index contributed by atoms with van der Waals surface area (Å²) in [6, 6.07) is 3.37. The van der Waals surface area contributed by atoms with E-state index in [0.29, 0.717) is 18.6 Å². The quantitative estimate of drug-likeness (QED) is 0.713. The number of sulfonamides is 1. The van der Waals surface area contributed by atoms with Crippen molar-refractivity contribution in [3.8, 4) is 0 Å². The molecule has 0 atom stereocenters. The van der Waals surface area contributed by atoms with Gasteiger partial charge in [0.05, 0.1) is 12.8 Å². The van der Waals surface area contributed by atoms with Gasteiger partial charge in [0.15, 0.2) is 0 Å². The molecule has 0 aliphatic rings. The molecule has 2 aromatic heterocycles. The molecular formula is C14H20N4O4S2. The summed E-state index contributed by atoms with van der Waals surface area (Å²) < 4.78 is 31.1. The zero-order chi connectivity index (χ0) is 17.7. The first-order chi connectivity index (χ1) is 11.4. The lowest BCUT2D eigenvalue weighted by atomic mass is 10.0. The van der Waals surface area contributed by atoms with Crippen LogP contribution in [0.2, 0.25) is 0 Å². The molecule has 1 amide bonds. The molecule has 0 aliphatic carbocycles. The van der Waals surface area contributed by atoms with Crippen LogP contribution in [-0.4, -0.2) is 35.9 Å². The van der Waals surface area contributed by atoms with Gasteiger partial charge < -0.3 is 9.73 Å². The Labute approximate surface area is 144 Å². The maximum Gasteiger partial charge on any atom is 0.272 e. The van der Waals surface area contributed by atoms with Gasteiger partial charge in [0.25, 0.3) is 10.0 Å². The highest BCUT2D eigenvalue weighted by atomic mass is 32.2. The van der Waals surface area contributed by atoms with Gasteiger partial charge in [-0.1, -0.05) is 25.2 Å². The Morgan fingerprint density at radius 1 is 1.38 bits per heavy atom. The smallest absolute Gasteiger partial charge is 0.272 e. The monoisotopic (exact) mass is 372 g/mol. The minimum absolute atomic E-state index is 0.0876. The fourth-order valence-corrected chi connectivity index (χ4v) is 4.30. The number of nitrogens with zero attached hydrogens (tertiary/aromatic N) is 3. The topological polar surface area (TPSA) is 105 Å². The van der Waals surface area contributed by atoms with E-state index in [2.05, 4.69) is 15.5 Å². The lowest BCUT2D eigenvalue weighted by Gasteiger charge is -2.13. The third-order valence-corrected chi connectivity index (χ3v) is 6.57. The van der Waals surface area contributed by atoms with Crippen LogP contribution in [0.3, 0.4) is 0 Å². The van der Waals surface area contributed by atoms with Crippen LogP contribution in [0, 0.1) is 5.92 Å². The van der Waals surface area contributed by atoms with Gasteiger partial charge in [0.2, 0.25) is 15.4 Å². The number of carbonyl (C=O) groups is 1. The van der Waals surface area contributed by atoms with Crippen molar-refractivity contribution in [2.75, 3.05) is 12.4 Å². The van der Waals surface area contributed by atoms with Crippen LogP contribution in [0.15, 0.2) is 27.2 Å². The average molecular weight is 372 g/mol. The number of furan rings is 1. The lowest BCUT2D eigenvalue weighted by molar-refractivity contribution is -0.120. The summed E-state index contributed by atoms with van der Waals surface area (Å²) in [6.45, 7) is 3.94. The minimum Gasteiger partial charge on any atom is -0.468 e. The van der Waals surface area contributed by atoms with Gasteiger partial charge in [-0.05, 0) is 25.0 Å². The van der Waals surface area contributed by atoms with E-state index in [1.54, 1.807) is 12.1 Å². The molecule has 0 saturated carbocycles. The van der Waals surface area contributed by atoms with Crippen LogP contribution in [0.5, 0.6) is 0 Å². The molecule has 0 unspecified atom stereocenters. The number of anilines is 1. The third-order valence-electron chi connectivity index (χ3n) is 3.58. The Morgan fingerprint density at radius 2 is 2.08 bits per heavy atom.